The molecule has 1 nitrogen and oxygen atoms in total. The third-order valence-corrected chi connectivity index (χ3v) is 4.65. The van der Waals surface area contributed by atoms with Crippen LogP contribution in [0, 0.1) is 17.6 Å². The summed E-state index contributed by atoms with van der Waals surface area (Å²) in [5, 5.41) is 0. The number of halogens is 3. The van der Waals surface area contributed by atoms with Crippen LogP contribution in [-0.2, 0) is 6.54 Å². The van der Waals surface area contributed by atoms with Gasteiger partial charge in [-0.05, 0) is 37.1 Å². The Morgan fingerprint density at radius 2 is 2.18 bits per heavy atom. The molecule has 0 aromatic heterocycles. The van der Waals surface area contributed by atoms with Crippen molar-refractivity contribution in [3.63, 3.8) is 0 Å². The standard InChI is InChI=1S/C13H16BrF2N/c1-9-7-17(5-4-12(9)14)8-10-6-11(15)2-3-13(10)16/h2-3,6,9,12H,4-5,7-8H2,1H3. The molecule has 1 aromatic rings. The highest BCUT2D eigenvalue weighted by Crippen LogP contribution is 2.25. The van der Waals surface area contributed by atoms with Gasteiger partial charge in [-0.15, -0.1) is 0 Å². The van der Waals surface area contributed by atoms with Gasteiger partial charge in [-0.3, -0.25) is 4.90 Å². The summed E-state index contributed by atoms with van der Waals surface area (Å²) in [6.45, 7) is 4.52. The van der Waals surface area contributed by atoms with Gasteiger partial charge < -0.3 is 0 Å². The maximum absolute atomic E-state index is 13.5. The van der Waals surface area contributed by atoms with Crippen molar-refractivity contribution in [2.75, 3.05) is 13.1 Å². The van der Waals surface area contributed by atoms with Gasteiger partial charge in [0, 0.05) is 23.5 Å². The SMILES string of the molecule is CC1CN(Cc2cc(F)ccc2F)CCC1Br. The predicted octanol–water partition coefficient (Wildman–Crippen LogP) is 3.57. The Morgan fingerprint density at radius 3 is 2.88 bits per heavy atom. The zero-order valence-electron chi connectivity index (χ0n) is 9.80. The highest BCUT2D eigenvalue weighted by molar-refractivity contribution is 9.09. The summed E-state index contributed by atoms with van der Waals surface area (Å²) in [7, 11) is 0. The quantitative estimate of drug-likeness (QED) is 0.755. The lowest BCUT2D eigenvalue weighted by molar-refractivity contribution is 0.181. The molecule has 2 atom stereocenters. The Kier molecular flexibility index (Phi) is 4.15. The Hall–Kier alpha value is -0.480. The van der Waals surface area contributed by atoms with Crippen LogP contribution >= 0.6 is 15.9 Å². The van der Waals surface area contributed by atoms with Gasteiger partial charge in [0.1, 0.15) is 11.6 Å². The van der Waals surface area contributed by atoms with Gasteiger partial charge in [0.15, 0.2) is 0 Å². The molecule has 1 heterocycles. The number of likely N-dealkylation sites (tertiary alicyclic amines) is 1. The van der Waals surface area contributed by atoms with E-state index in [0.29, 0.717) is 22.9 Å². The fourth-order valence-electron chi connectivity index (χ4n) is 2.25. The molecule has 0 spiro atoms. The fraction of sp³-hybridized carbons (Fsp3) is 0.538. The Labute approximate surface area is 109 Å². The molecule has 0 bridgehead atoms. The van der Waals surface area contributed by atoms with Crippen LogP contribution in [0.25, 0.3) is 0 Å². The van der Waals surface area contributed by atoms with Crippen LogP contribution in [0.2, 0.25) is 0 Å². The third-order valence-electron chi connectivity index (χ3n) is 3.29. The molecule has 0 aliphatic carbocycles. The summed E-state index contributed by atoms with van der Waals surface area (Å²) < 4.78 is 26.5. The van der Waals surface area contributed by atoms with E-state index >= 15 is 0 Å². The van der Waals surface area contributed by atoms with Crippen molar-refractivity contribution in [3.05, 3.63) is 35.4 Å². The van der Waals surface area contributed by atoms with Crippen molar-refractivity contribution in [2.24, 2.45) is 5.92 Å². The van der Waals surface area contributed by atoms with Gasteiger partial charge in [0.25, 0.3) is 0 Å². The first-order chi connectivity index (χ1) is 8.06. The summed E-state index contributed by atoms with van der Waals surface area (Å²) in [6, 6.07) is 3.65. The highest BCUT2D eigenvalue weighted by Gasteiger charge is 2.24. The lowest BCUT2D eigenvalue weighted by atomic mass is 9.99. The first kappa shape index (κ1) is 13.0. The minimum atomic E-state index is -0.371. The van der Waals surface area contributed by atoms with Gasteiger partial charge in [0.05, 0.1) is 0 Å². The van der Waals surface area contributed by atoms with Gasteiger partial charge in [0.2, 0.25) is 0 Å². The van der Waals surface area contributed by atoms with Crippen LogP contribution in [-0.4, -0.2) is 22.8 Å². The zero-order chi connectivity index (χ0) is 12.4. The van der Waals surface area contributed by atoms with Crippen LogP contribution in [0.15, 0.2) is 18.2 Å². The van der Waals surface area contributed by atoms with Crippen molar-refractivity contribution in [2.45, 2.75) is 24.7 Å². The van der Waals surface area contributed by atoms with Crippen molar-refractivity contribution >= 4 is 15.9 Å². The molecule has 0 amide bonds. The molecule has 94 valence electrons. The van der Waals surface area contributed by atoms with Crippen LogP contribution in [0.4, 0.5) is 8.78 Å². The molecule has 1 saturated heterocycles. The van der Waals surface area contributed by atoms with Gasteiger partial charge in [-0.2, -0.15) is 0 Å². The van der Waals surface area contributed by atoms with E-state index in [0.717, 1.165) is 25.6 Å². The minimum Gasteiger partial charge on any atom is -0.299 e. The number of piperidine rings is 1. The second kappa shape index (κ2) is 5.44. The van der Waals surface area contributed by atoms with Crippen molar-refractivity contribution in [1.82, 2.24) is 4.90 Å². The molecule has 1 aliphatic rings. The van der Waals surface area contributed by atoms with Crippen molar-refractivity contribution in [3.8, 4) is 0 Å². The van der Waals surface area contributed by atoms with E-state index in [1.165, 1.54) is 12.1 Å². The van der Waals surface area contributed by atoms with Crippen LogP contribution in [0.3, 0.4) is 0 Å². The second-order valence-electron chi connectivity index (χ2n) is 4.75. The zero-order valence-corrected chi connectivity index (χ0v) is 11.4. The molecule has 0 radical (unpaired) electrons. The maximum Gasteiger partial charge on any atom is 0.127 e. The Morgan fingerprint density at radius 1 is 1.41 bits per heavy atom. The largest absolute Gasteiger partial charge is 0.299 e. The Bertz CT molecular complexity index is 397. The van der Waals surface area contributed by atoms with Crippen LogP contribution < -0.4 is 0 Å². The summed E-state index contributed by atoms with van der Waals surface area (Å²) in [5.41, 5.74) is 0.449. The molecule has 1 fully saturated rings. The number of hydrogen-bond donors (Lipinski definition) is 0. The van der Waals surface area contributed by atoms with Crippen molar-refractivity contribution in [1.29, 1.82) is 0 Å². The van der Waals surface area contributed by atoms with Gasteiger partial charge in [-0.25, -0.2) is 8.78 Å². The molecule has 2 rings (SSSR count). The van der Waals surface area contributed by atoms with E-state index in [1.54, 1.807) is 0 Å². The van der Waals surface area contributed by atoms with E-state index in [9.17, 15) is 8.78 Å². The van der Waals surface area contributed by atoms with E-state index in [4.69, 9.17) is 0 Å². The smallest absolute Gasteiger partial charge is 0.127 e. The molecule has 0 N–H and O–H groups in total. The molecule has 1 aromatic carbocycles. The first-order valence-corrected chi connectivity index (χ1v) is 6.78. The summed E-state index contributed by atoms with van der Waals surface area (Å²) in [6.07, 6.45) is 1.05. The summed E-state index contributed by atoms with van der Waals surface area (Å²) in [4.78, 5) is 2.72. The number of rotatable bonds is 2. The molecular formula is C13H16BrF2N. The third kappa shape index (κ3) is 3.26. The lowest BCUT2D eigenvalue weighted by Gasteiger charge is -2.34. The maximum atomic E-state index is 13.5. The van der Waals surface area contributed by atoms with Crippen molar-refractivity contribution < 1.29 is 8.78 Å². The van der Waals surface area contributed by atoms with Crippen LogP contribution in [0.5, 0.6) is 0 Å². The molecule has 0 saturated carbocycles. The normalized spacial score (nSPS) is 26.1. The van der Waals surface area contributed by atoms with E-state index in [-0.39, 0.29) is 11.6 Å². The minimum absolute atomic E-state index is 0.319. The highest BCUT2D eigenvalue weighted by atomic mass is 79.9. The Balaban J connectivity index is 2.03. The number of hydrogen-bond acceptors (Lipinski definition) is 1. The van der Waals surface area contributed by atoms with E-state index in [2.05, 4.69) is 27.8 Å². The number of alkyl halides is 1. The van der Waals surface area contributed by atoms with Gasteiger partial charge >= 0.3 is 0 Å². The van der Waals surface area contributed by atoms with E-state index < -0.39 is 0 Å². The second-order valence-corrected chi connectivity index (χ2v) is 5.93. The summed E-state index contributed by atoms with van der Waals surface area (Å²) >= 11 is 3.63. The first-order valence-electron chi connectivity index (χ1n) is 5.86. The lowest BCUT2D eigenvalue weighted by Crippen LogP contribution is -2.39. The molecule has 2 unspecified atom stereocenters. The fourth-order valence-corrected chi connectivity index (χ4v) is 2.62. The number of benzene rings is 1. The average Bonchev–Trinajstić information content (AvgIpc) is 2.29. The predicted molar refractivity (Wildman–Crippen MR) is 68.1 cm³/mol. The molecule has 1 aliphatic heterocycles. The summed E-state index contributed by atoms with van der Waals surface area (Å²) in [5.74, 6) is -0.148. The molecule has 17 heavy (non-hydrogen) atoms. The number of nitrogens with zero attached hydrogens (tertiary/aromatic N) is 1. The van der Waals surface area contributed by atoms with E-state index in [1.807, 2.05) is 0 Å². The monoisotopic (exact) mass is 303 g/mol. The van der Waals surface area contributed by atoms with Crippen LogP contribution in [0.1, 0.15) is 18.9 Å². The molecular weight excluding hydrogens is 288 g/mol. The van der Waals surface area contributed by atoms with Gasteiger partial charge in [-0.1, -0.05) is 22.9 Å². The topological polar surface area (TPSA) is 3.24 Å². The average molecular weight is 304 g/mol. The molecule has 4 heteroatoms.